The Morgan fingerprint density at radius 2 is 1.25 bits per heavy atom. The highest BCUT2D eigenvalue weighted by molar-refractivity contribution is 5.78. The summed E-state index contributed by atoms with van der Waals surface area (Å²) >= 11 is 0. The highest BCUT2D eigenvalue weighted by Crippen LogP contribution is 2.40. The Bertz CT molecular complexity index is 1370. The van der Waals surface area contributed by atoms with Gasteiger partial charge in [-0.3, -0.25) is 4.79 Å². The molecule has 0 aliphatic heterocycles. The first-order chi connectivity index (χ1) is 19.6. The molecule has 0 aromatic heterocycles. The number of ether oxygens (including phenoxy) is 5. The van der Waals surface area contributed by atoms with E-state index >= 15 is 0 Å². The summed E-state index contributed by atoms with van der Waals surface area (Å²) in [5, 5.41) is 3.01. The number of carbonyl (C=O) groups is 1. The van der Waals surface area contributed by atoms with Crippen molar-refractivity contribution in [3.05, 3.63) is 113 Å². The van der Waals surface area contributed by atoms with Crippen molar-refractivity contribution in [2.75, 3.05) is 27.9 Å². The van der Waals surface area contributed by atoms with Crippen LogP contribution in [-0.2, 0) is 30.8 Å². The Morgan fingerprint density at radius 1 is 0.625 bits per heavy atom. The third-order valence-electron chi connectivity index (χ3n) is 6.35. The molecule has 0 aliphatic rings. The Kier molecular flexibility index (Phi) is 10.3. The lowest BCUT2D eigenvalue weighted by Gasteiger charge is -2.18. The molecule has 0 aliphatic carbocycles. The summed E-state index contributed by atoms with van der Waals surface area (Å²) in [5.41, 5.74) is 3.84. The smallest absolute Gasteiger partial charge is 0.224 e. The van der Waals surface area contributed by atoms with Gasteiger partial charge in [0.2, 0.25) is 11.7 Å². The van der Waals surface area contributed by atoms with E-state index in [1.54, 1.807) is 21.3 Å². The Balaban J connectivity index is 1.37. The van der Waals surface area contributed by atoms with Gasteiger partial charge in [-0.25, -0.2) is 0 Å². The Morgan fingerprint density at radius 3 is 1.88 bits per heavy atom. The Hall–Kier alpha value is -4.65. The van der Waals surface area contributed by atoms with Gasteiger partial charge in [0, 0.05) is 12.1 Å². The van der Waals surface area contributed by atoms with Gasteiger partial charge >= 0.3 is 0 Å². The van der Waals surface area contributed by atoms with Crippen molar-refractivity contribution in [1.29, 1.82) is 0 Å². The zero-order chi connectivity index (χ0) is 28.2. The summed E-state index contributed by atoms with van der Waals surface area (Å²) in [6.45, 7) is 1.23. The molecule has 7 heteroatoms. The van der Waals surface area contributed by atoms with Crippen molar-refractivity contribution >= 4 is 5.91 Å². The molecule has 0 bridgehead atoms. The fourth-order valence-corrected chi connectivity index (χ4v) is 4.29. The van der Waals surface area contributed by atoms with Crippen LogP contribution >= 0.6 is 0 Å². The van der Waals surface area contributed by atoms with Gasteiger partial charge in [-0.15, -0.1) is 0 Å². The van der Waals surface area contributed by atoms with E-state index in [-0.39, 0.29) is 12.3 Å². The van der Waals surface area contributed by atoms with Crippen LogP contribution in [0.5, 0.6) is 28.7 Å². The molecule has 7 nitrogen and oxygen atoms in total. The van der Waals surface area contributed by atoms with Crippen LogP contribution in [0.25, 0.3) is 0 Å². The molecule has 0 saturated carbocycles. The molecule has 4 aromatic rings. The minimum absolute atomic E-state index is 0.0913. The zero-order valence-electron chi connectivity index (χ0n) is 23.1. The molecule has 0 fully saturated rings. The van der Waals surface area contributed by atoms with E-state index in [0.29, 0.717) is 54.9 Å². The van der Waals surface area contributed by atoms with Crippen molar-refractivity contribution in [2.45, 2.75) is 26.1 Å². The van der Waals surface area contributed by atoms with Gasteiger partial charge in [-0.2, -0.15) is 0 Å². The number of methoxy groups -OCH3 is 3. The zero-order valence-corrected chi connectivity index (χ0v) is 23.1. The van der Waals surface area contributed by atoms with Gasteiger partial charge in [-0.1, -0.05) is 72.8 Å². The number of amides is 1. The number of carbonyl (C=O) groups excluding carboxylic acids is 1. The second-order valence-corrected chi connectivity index (χ2v) is 9.10. The lowest BCUT2D eigenvalue weighted by Crippen LogP contribution is -2.27. The molecule has 0 saturated heterocycles. The third-order valence-corrected chi connectivity index (χ3v) is 6.35. The van der Waals surface area contributed by atoms with Crippen LogP contribution in [0.1, 0.15) is 22.3 Å². The topological polar surface area (TPSA) is 75.3 Å². The van der Waals surface area contributed by atoms with Crippen LogP contribution in [0.15, 0.2) is 91.0 Å². The molecule has 0 unspecified atom stereocenters. The van der Waals surface area contributed by atoms with Gasteiger partial charge in [0.15, 0.2) is 23.0 Å². The molecule has 0 atom stereocenters. The molecule has 0 heterocycles. The van der Waals surface area contributed by atoms with E-state index in [9.17, 15) is 4.79 Å². The lowest BCUT2D eigenvalue weighted by atomic mass is 10.1. The highest BCUT2D eigenvalue weighted by Gasteiger charge is 2.17. The number of rotatable bonds is 14. The normalized spacial score (nSPS) is 10.5. The maximum absolute atomic E-state index is 12.8. The number of benzene rings is 4. The standard InChI is InChI=1S/C33H35NO6/c1-36-28-16-14-26(20-30(28)39-22-24-10-6-4-7-11-24)21-31(35)34-19-18-27-15-17-29(37-2)33(38-3)32(27)40-23-25-12-8-5-9-13-25/h4-17,20H,18-19,21-23H2,1-3H3,(H,34,35). The maximum atomic E-state index is 12.8. The van der Waals surface area contributed by atoms with Crippen molar-refractivity contribution < 1.29 is 28.5 Å². The first kappa shape index (κ1) is 28.4. The molecular weight excluding hydrogens is 506 g/mol. The average Bonchev–Trinajstić information content (AvgIpc) is 3.00. The summed E-state index contributed by atoms with van der Waals surface area (Å²) < 4.78 is 28.7. The van der Waals surface area contributed by atoms with Gasteiger partial charge in [0.05, 0.1) is 27.8 Å². The predicted octanol–water partition coefficient (Wildman–Crippen LogP) is 5.77. The number of hydrogen-bond acceptors (Lipinski definition) is 6. The summed E-state index contributed by atoms with van der Waals surface area (Å²) in [6, 6.07) is 29.2. The summed E-state index contributed by atoms with van der Waals surface area (Å²) in [5.74, 6) is 2.85. The monoisotopic (exact) mass is 541 g/mol. The van der Waals surface area contributed by atoms with Crippen LogP contribution < -0.4 is 29.0 Å². The molecule has 4 rings (SSSR count). The van der Waals surface area contributed by atoms with E-state index in [2.05, 4.69) is 5.32 Å². The molecule has 0 spiro atoms. The molecule has 1 N–H and O–H groups in total. The molecule has 0 radical (unpaired) electrons. The first-order valence-corrected chi connectivity index (χ1v) is 13.1. The van der Waals surface area contributed by atoms with E-state index in [1.165, 1.54) is 0 Å². The molecule has 208 valence electrons. The number of nitrogens with one attached hydrogen (secondary N) is 1. The molecule has 40 heavy (non-hydrogen) atoms. The molecular formula is C33H35NO6. The lowest BCUT2D eigenvalue weighted by molar-refractivity contribution is -0.120. The van der Waals surface area contributed by atoms with Crippen LogP contribution in [0.3, 0.4) is 0 Å². The quantitative estimate of drug-likeness (QED) is 0.218. The van der Waals surface area contributed by atoms with Crippen LogP contribution in [0, 0.1) is 0 Å². The second kappa shape index (κ2) is 14.5. The van der Waals surface area contributed by atoms with Gasteiger partial charge < -0.3 is 29.0 Å². The average molecular weight is 542 g/mol. The van der Waals surface area contributed by atoms with Crippen molar-refractivity contribution in [3.63, 3.8) is 0 Å². The molecule has 4 aromatic carbocycles. The predicted molar refractivity (Wildman–Crippen MR) is 155 cm³/mol. The van der Waals surface area contributed by atoms with Gasteiger partial charge in [-0.05, 0) is 41.3 Å². The minimum atomic E-state index is -0.0913. The second-order valence-electron chi connectivity index (χ2n) is 9.10. The molecule has 1 amide bonds. The van der Waals surface area contributed by atoms with Crippen molar-refractivity contribution in [2.24, 2.45) is 0 Å². The van der Waals surface area contributed by atoms with E-state index in [1.807, 2.05) is 91.0 Å². The Labute approximate surface area is 235 Å². The van der Waals surface area contributed by atoms with Crippen LogP contribution in [-0.4, -0.2) is 33.8 Å². The SMILES string of the molecule is COc1ccc(CC(=O)NCCc2ccc(OC)c(OC)c2OCc2ccccc2)cc1OCc1ccccc1. The first-order valence-electron chi connectivity index (χ1n) is 13.1. The van der Waals surface area contributed by atoms with E-state index < -0.39 is 0 Å². The fourth-order valence-electron chi connectivity index (χ4n) is 4.29. The van der Waals surface area contributed by atoms with Gasteiger partial charge in [0.1, 0.15) is 13.2 Å². The highest BCUT2D eigenvalue weighted by atomic mass is 16.5. The summed E-state index contributed by atoms with van der Waals surface area (Å²) in [6.07, 6.45) is 0.777. The van der Waals surface area contributed by atoms with Gasteiger partial charge in [0.25, 0.3) is 0 Å². The van der Waals surface area contributed by atoms with Crippen LogP contribution in [0.4, 0.5) is 0 Å². The van der Waals surface area contributed by atoms with E-state index in [4.69, 9.17) is 23.7 Å². The van der Waals surface area contributed by atoms with Crippen molar-refractivity contribution in [3.8, 4) is 28.7 Å². The summed E-state index contributed by atoms with van der Waals surface area (Å²) in [4.78, 5) is 12.8. The number of hydrogen-bond donors (Lipinski definition) is 1. The van der Waals surface area contributed by atoms with Crippen molar-refractivity contribution in [1.82, 2.24) is 5.32 Å². The van der Waals surface area contributed by atoms with Crippen LogP contribution in [0.2, 0.25) is 0 Å². The maximum Gasteiger partial charge on any atom is 0.224 e. The minimum Gasteiger partial charge on any atom is -0.493 e. The fraction of sp³-hybridized carbons (Fsp3) is 0.242. The largest absolute Gasteiger partial charge is 0.493 e. The van der Waals surface area contributed by atoms with E-state index in [0.717, 1.165) is 22.3 Å². The summed E-state index contributed by atoms with van der Waals surface area (Å²) in [7, 11) is 4.78. The third kappa shape index (κ3) is 7.69.